The first kappa shape index (κ1) is 30.9. The summed E-state index contributed by atoms with van der Waals surface area (Å²) in [6.07, 6.45) is -4.28. The highest BCUT2D eigenvalue weighted by molar-refractivity contribution is 5.87. The normalized spacial score (nSPS) is 27.6. The van der Waals surface area contributed by atoms with Crippen LogP contribution in [0.2, 0.25) is 0 Å². The number of esters is 1. The van der Waals surface area contributed by atoms with Gasteiger partial charge in [0.2, 0.25) is 5.91 Å². The van der Waals surface area contributed by atoms with Gasteiger partial charge in [0.25, 0.3) is 0 Å². The smallest absolute Gasteiger partial charge is 0.407 e. The maximum Gasteiger partial charge on any atom is 0.407 e. The van der Waals surface area contributed by atoms with Crippen molar-refractivity contribution in [2.75, 3.05) is 13.2 Å². The summed E-state index contributed by atoms with van der Waals surface area (Å²) in [4.78, 5) is 38.7. The summed E-state index contributed by atoms with van der Waals surface area (Å²) in [7, 11) is 0. The topological polar surface area (TPSA) is 140 Å². The van der Waals surface area contributed by atoms with Crippen molar-refractivity contribution in [1.82, 2.24) is 10.6 Å². The first-order valence-electron chi connectivity index (χ1n) is 14.3. The molecule has 5 rings (SSSR count). The molecule has 2 aromatic carbocycles. The number of alkyl carbamates (subject to hydrolysis) is 1. The van der Waals surface area contributed by atoms with Crippen LogP contribution in [0.1, 0.15) is 38.8 Å². The number of carbonyl (C=O) groups excluding carboxylic acids is 3. The van der Waals surface area contributed by atoms with Crippen molar-refractivity contribution >= 4 is 18.0 Å². The second kappa shape index (κ2) is 13.0. The fraction of sp³-hybridized carbons (Fsp3) is 0.516. The van der Waals surface area contributed by atoms with Crippen LogP contribution in [0.3, 0.4) is 0 Å². The predicted octanol–water partition coefficient (Wildman–Crippen LogP) is 2.58. The van der Waals surface area contributed by atoms with E-state index in [2.05, 4.69) is 10.6 Å². The van der Waals surface area contributed by atoms with Crippen LogP contribution in [-0.2, 0) is 55.8 Å². The van der Waals surface area contributed by atoms with E-state index in [1.54, 1.807) is 27.7 Å². The minimum atomic E-state index is -1.08. The van der Waals surface area contributed by atoms with Crippen LogP contribution in [0.15, 0.2) is 60.7 Å². The Labute approximate surface area is 250 Å². The van der Waals surface area contributed by atoms with Gasteiger partial charge in [0.1, 0.15) is 31.4 Å². The number of hydrogen-bond acceptors (Lipinski definition) is 10. The van der Waals surface area contributed by atoms with Crippen molar-refractivity contribution in [3.8, 4) is 0 Å². The van der Waals surface area contributed by atoms with Crippen molar-refractivity contribution in [3.05, 3.63) is 71.8 Å². The molecular formula is C31H38N2O10. The molecule has 3 aliphatic heterocycles. The van der Waals surface area contributed by atoms with Gasteiger partial charge in [0.05, 0.1) is 6.61 Å². The van der Waals surface area contributed by atoms with Gasteiger partial charge >= 0.3 is 12.1 Å². The van der Waals surface area contributed by atoms with E-state index in [0.717, 1.165) is 11.1 Å². The molecule has 2 aromatic rings. The van der Waals surface area contributed by atoms with E-state index in [0.29, 0.717) is 0 Å². The van der Waals surface area contributed by atoms with E-state index < -0.39 is 72.8 Å². The second-order valence-corrected chi connectivity index (χ2v) is 11.6. The Balaban J connectivity index is 1.24. The number of ether oxygens (including phenoxy) is 7. The Hall–Kier alpha value is -3.55. The number of rotatable bonds is 10. The standard InChI is InChI=1S/C31H38N2O10/c1-30(2)38-18-22(41-30)24-25(26-28(40-24)43-31(3,4)42-26)39-27(35)21(15-19-11-7-5-8-12-19)33-23(34)16-32-29(36)37-17-20-13-9-6-10-14-20/h5-14,21-22,24-26,28H,15-18H2,1-4H3,(H,32,36)(H,33,34)/t21-,22+,24+,25+,26-,28+/m1/s1. The first-order valence-corrected chi connectivity index (χ1v) is 14.3. The molecule has 0 unspecified atom stereocenters. The van der Waals surface area contributed by atoms with Gasteiger partial charge < -0.3 is 43.8 Å². The summed E-state index contributed by atoms with van der Waals surface area (Å²) in [6.45, 7) is 6.95. The molecular weight excluding hydrogens is 560 g/mol. The fourth-order valence-electron chi connectivity index (χ4n) is 5.25. The van der Waals surface area contributed by atoms with Crippen LogP contribution in [-0.4, -0.2) is 79.4 Å². The highest BCUT2D eigenvalue weighted by Gasteiger charge is 2.60. The molecule has 12 nitrogen and oxygen atoms in total. The largest absolute Gasteiger partial charge is 0.455 e. The van der Waals surface area contributed by atoms with Crippen molar-refractivity contribution in [3.63, 3.8) is 0 Å². The molecule has 0 spiro atoms. The van der Waals surface area contributed by atoms with Gasteiger partial charge in [-0.15, -0.1) is 0 Å². The summed E-state index contributed by atoms with van der Waals surface area (Å²) < 4.78 is 41.0. The average molecular weight is 599 g/mol. The van der Waals surface area contributed by atoms with Crippen LogP contribution in [0.25, 0.3) is 0 Å². The zero-order valence-electron chi connectivity index (χ0n) is 24.6. The second-order valence-electron chi connectivity index (χ2n) is 11.6. The van der Waals surface area contributed by atoms with Crippen LogP contribution in [0.5, 0.6) is 0 Å². The number of nitrogens with one attached hydrogen (secondary N) is 2. The lowest BCUT2D eigenvalue weighted by molar-refractivity contribution is -0.235. The molecule has 3 fully saturated rings. The molecule has 6 atom stereocenters. The lowest BCUT2D eigenvalue weighted by Crippen LogP contribution is -2.51. The third kappa shape index (κ3) is 8.09. The van der Waals surface area contributed by atoms with Gasteiger partial charge in [-0.1, -0.05) is 60.7 Å². The number of hydrogen-bond donors (Lipinski definition) is 2. The Kier molecular flexibility index (Phi) is 9.33. The van der Waals surface area contributed by atoms with Gasteiger partial charge in [-0.3, -0.25) is 4.79 Å². The summed E-state index contributed by atoms with van der Waals surface area (Å²) >= 11 is 0. The monoisotopic (exact) mass is 598 g/mol. The third-order valence-electron chi connectivity index (χ3n) is 7.18. The Morgan fingerprint density at radius 2 is 1.56 bits per heavy atom. The molecule has 0 saturated carbocycles. The fourth-order valence-corrected chi connectivity index (χ4v) is 5.25. The quantitative estimate of drug-likeness (QED) is 0.392. The zero-order valence-corrected chi connectivity index (χ0v) is 24.6. The Bertz CT molecular complexity index is 1270. The van der Waals surface area contributed by atoms with E-state index in [1.165, 1.54) is 0 Å². The lowest BCUT2D eigenvalue weighted by Gasteiger charge is -2.30. The van der Waals surface area contributed by atoms with Gasteiger partial charge in [-0.2, -0.15) is 0 Å². The molecule has 3 saturated heterocycles. The number of amides is 2. The molecule has 0 bridgehead atoms. The van der Waals surface area contributed by atoms with Gasteiger partial charge in [-0.25, -0.2) is 9.59 Å². The molecule has 3 heterocycles. The molecule has 2 N–H and O–H groups in total. The summed E-state index contributed by atoms with van der Waals surface area (Å²) in [5, 5.41) is 5.10. The van der Waals surface area contributed by atoms with E-state index in [-0.39, 0.29) is 19.6 Å². The van der Waals surface area contributed by atoms with Crippen LogP contribution < -0.4 is 10.6 Å². The zero-order chi connectivity index (χ0) is 30.6. The maximum absolute atomic E-state index is 13.7. The minimum absolute atomic E-state index is 0.0551. The lowest BCUT2D eigenvalue weighted by atomic mass is 10.0. The van der Waals surface area contributed by atoms with E-state index in [1.807, 2.05) is 60.7 Å². The highest BCUT2D eigenvalue weighted by atomic mass is 16.8. The highest BCUT2D eigenvalue weighted by Crippen LogP contribution is 2.42. The molecule has 0 aliphatic carbocycles. The van der Waals surface area contributed by atoms with E-state index >= 15 is 0 Å². The van der Waals surface area contributed by atoms with Gasteiger partial charge in [0, 0.05) is 6.42 Å². The van der Waals surface area contributed by atoms with Crippen molar-refractivity contribution in [2.45, 2.75) is 89.0 Å². The molecule has 0 aromatic heterocycles. The van der Waals surface area contributed by atoms with Crippen molar-refractivity contribution in [1.29, 1.82) is 0 Å². The minimum Gasteiger partial charge on any atom is -0.455 e. The molecule has 2 amide bonds. The Morgan fingerprint density at radius 3 is 2.21 bits per heavy atom. The number of benzene rings is 2. The molecule has 0 radical (unpaired) electrons. The summed E-state index contributed by atoms with van der Waals surface area (Å²) in [5.74, 6) is -3.08. The molecule has 12 heteroatoms. The van der Waals surface area contributed by atoms with Crippen LogP contribution in [0, 0.1) is 0 Å². The summed E-state index contributed by atoms with van der Waals surface area (Å²) in [6, 6.07) is 17.3. The first-order chi connectivity index (χ1) is 20.5. The van der Waals surface area contributed by atoms with Gasteiger partial charge in [0.15, 0.2) is 30.1 Å². The molecule has 43 heavy (non-hydrogen) atoms. The van der Waals surface area contributed by atoms with E-state index in [9.17, 15) is 14.4 Å². The SMILES string of the molecule is CC1(C)O[C@@H]2O[C@@H]([C@@H]3COC(C)(C)O3)[C@H](OC(=O)[C@@H](Cc3ccccc3)NC(=O)CNC(=O)OCc3ccccc3)[C@H]2O1. The maximum atomic E-state index is 13.7. The van der Waals surface area contributed by atoms with Crippen LogP contribution in [0.4, 0.5) is 4.79 Å². The number of carbonyl (C=O) groups is 3. The average Bonchev–Trinajstić information content (AvgIpc) is 3.60. The molecule has 232 valence electrons. The van der Waals surface area contributed by atoms with E-state index in [4.69, 9.17) is 33.2 Å². The van der Waals surface area contributed by atoms with Crippen LogP contribution >= 0.6 is 0 Å². The van der Waals surface area contributed by atoms with Crippen molar-refractivity contribution in [2.24, 2.45) is 0 Å². The van der Waals surface area contributed by atoms with Gasteiger partial charge in [-0.05, 0) is 38.8 Å². The Morgan fingerprint density at radius 1 is 0.884 bits per heavy atom. The third-order valence-corrected chi connectivity index (χ3v) is 7.18. The summed E-state index contributed by atoms with van der Waals surface area (Å²) in [5.41, 5.74) is 1.61. The predicted molar refractivity (Wildman–Crippen MR) is 150 cm³/mol. The van der Waals surface area contributed by atoms with Crippen molar-refractivity contribution < 1.29 is 47.5 Å². The molecule has 3 aliphatic rings. The number of fused-ring (bicyclic) bond motifs is 1.